The van der Waals surface area contributed by atoms with Crippen molar-refractivity contribution in [3.8, 4) is 11.4 Å². The molecule has 3 rings (SSSR count). The maximum Gasteiger partial charge on any atom is 0.247 e. The van der Waals surface area contributed by atoms with E-state index in [1.807, 2.05) is 61.5 Å². The van der Waals surface area contributed by atoms with Gasteiger partial charge in [-0.25, -0.2) is 0 Å². The fourth-order valence-corrected chi connectivity index (χ4v) is 2.53. The number of benzene rings is 2. The predicted molar refractivity (Wildman–Crippen MR) is 106 cm³/mol. The highest BCUT2D eigenvalue weighted by Gasteiger charge is 2.15. The van der Waals surface area contributed by atoms with Gasteiger partial charge in [-0.3, -0.25) is 4.79 Å². The average Bonchev–Trinajstić information content (AvgIpc) is 3.16. The van der Waals surface area contributed by atoms with Crippen molar-refractivity contribution in [1.29, 1.82) is 0 Å². The Hall–Kier alpha value is -3.47. The number of nitrogens with zero attached hydrogens (tertiary/aromatic N) is 3. The predicted octanol–water partition coefficient (Wildman–Crippen LogP) is 4.27. The van der Waals surface area contributed by atoms with Crippen LogP contribution in [0.5, 0.6) is 0 Å². The molecule has 0 saturated heterocycles. The Bertz CT molecular complexity index is 928. The van der Waals surface area contributed by atoms with Crippen LogP contribution in [0.3, 0.4) is 0 Å². The molecular weight excluding hydrogens is 338 g/mol. The van der Waals surface area contributed by atoms with Gasteiger partial charge in [0, 0.05) is 18.2 Å². The Morgan fingerprint density at radius 1 is 1.15 bits per heavy atom. The van der Waals surface area contributed by atoms with Crippen LogP contribution in [0.15, 0.2) is 77.9 Å². The zero-order chi connectivity index (χ0) is 19.1. The molecule has 0 radical (unpaired) electrons. The number of carbonyl (C=O) groups excluding carboxylic acids is 1. The number of carbonyl (C=O) groups is 1. The lowest BCUT2D eigenvalue weighted by Gasteiger charge is -2.16. The van der Waals surface area contributed by atoms with Gasteiger partial charge < -0.3 is 9.42 Å². The number of aromatic nitrogens is 2. The van der Waals surface area contributed by atoms with Crippen LogP contribution >= 0.6 is 0 Å². The first-order valence-corrected chi connectivity index (χ1v) is 8.68. The van der Waals surface area contributed by atoms with Crippen molar-refractivity contribution >= 4 is 12.0 Å². The van der Waals surface area contributed by atoms with Crippen molar-refractivity contribution in [2.24, 2.45) is 0 Å². The molecule has 5 heteroatoms. The molecule has 0 spiro atoms. The largest absolute Gasteiger partial charge is 0.337 e. The topological polar surface area (TPSA) is 59.2 Å². The summed E-state index contributed by atoms with van der Waals surface area (Å²) in [6.07, 6.45) is 4.99. The molecule has 0 atom stereocenters. The zero-order valence-corrected chi connectivity index (χ0v) is 15.2. The second kappa shape index (κ2) is 8.76. The minimum atomic E-state index is -0.145. The summed E-state index contributed by atoms with van der Waals surface area (Å²) in [6, 6.07) is 17.5. The molecule has 0 aliphatic rings. The van der Waals surface area contributed by atoms with Gasteiger partial charge in [-0.2, -0.15) is 4.98 Å². The van der Waals surface area contributed by atoms with Crippen LogP contribution in [0.2, 0.25) is 0 Å². The summed E-state index contributed by atoms with van der Waals surface area (Å²) in [7, 11) is 0. The second-order valence-electron chi connectivity index (χ2n) is 6.13. The lowest BCUT2D eigenvalue weighted by molar-refractivity contribution is -0.126. The van der Waals surface area contributed by atoms with Gasteiger partial charge in [-0.1, -0.05) is 71.4 Å². The van der Waals surface area contributed by atoms with Crippen molar-refractivity contribution in [1.82, 2.24) is 15.0 Å². The van der Waals surface area contributed by atoms with Gasteiger partial charge in [-0.15, -0.1) is 6.58 Å². The smallest absolute Gasteiger partial charge is 0.247 e. The molecule has 27 heavy (non-hydrogen) atoms. The maximum atomic E-state index is 12.5. The van der Waals surface area contributed by atoms with Gasteiger partial charge in [0.1, 0.15) is 6.54 Å². The van der Waals surface area contributed by atoms with E-state index in [0.29, 0.717) is 18.3 Å². The first-order valence-electron chi connectivity index (χ1n) is 8.68. The van der Waals surface area contributed by atoms with E-state index in [1.54, 1.807) is 17.1 Å². The molecule has 1 amide bonds. The molecule has 2 aromatic carbocycles. The van der Waals surface area contributed by atoms with Gasteiger partial charge in [0.2, 0.25) is 17.6 Å². The number of aryl methyl sites for hydroxylation is 1. The lowest BCUT2D eigenvalue weighted by Crippen LogP contribution is -2.29. The minimum Gasteiger partial charge on any atom is -0.337 e. The number of hydrogen-bond acceptors (Lipinski definition) is 4. The number of amides is 1. The summed E-state index contributed by atoms with van der Waals surface area (Å²) in [4.78, 5) is 18.5. The van der Waals surface area contributed by atoms with E-state index in [2.05, 4.69) is 16.7 Å². The van der Waals surface area contributed by atoms with Crippen LogP contribution in [-0.4, -0.2) is 27.5 Å². The highest BCUT2D eigenvalue weighted by molar-refractivity contribution is 5.91. The molecule has 0 bridgehead atoms. The first-order chi connectivity index (χ1) is 13.2. The van der Waals surface area contributed by atoms with Crippen molar-refractivity contribution in [3.05, 3.63) is 90.3 Å². The van der Waals surface area contributed by atoms with Crippen LogP contribution in [-0.2, 0) is 11.3 Å². The molecule has 0 aliphatic heterocycles. The van der Waals surface area contributed by atoms with E-state index in [-0.39, 0.29) is 12.5 Å². The van der Waals surface area contributed by atoms with Gasteiger partial charge in [-0.05, 0) is 18.6 Å². The summed E-state index contributed by atoms with van der Waals surface area (Å²) < 4.78 is 5.33. The van der Waals surface area contributed by atoms with Crippen LogP contribution in [0, 0.1) is 6.92 Å². The molecule has 1 heterocycles. The fourth-order valence-electron chi connectivity index (χ4n) is 2.53. The molecule has 3 aromatic rings. The summed E-state index contributed by atoms with van der Waals surface area (Å²) in [5.74, 6) is 0.749. The molecule has 1 aromatic heterocycles. The first kappa shape index (κ1) is 18.3. The quantitative estimate of drug-likeness (QED) is 0.467. The minimum absolute atomic E-state index is 0.145. The van der Waals surface area contributed by atoms with E-state index in [1.165, 1.54) is 6.08 Å². The van der Waals surface area contributed by atoms with E-state index in [9.17, 15) is 4.79 Å². The van der Waals surface area contributed by atoms with Crippen molar-refractivity contribution in [2.45, 2.75) is 13.5 Å². The normalized spacial score (nSPS) is 10.9. The van der Waals surface area contributed by atoms with Gasteiger partial charge in [0.05, 0.1) is 0 Å². The fraction of sp³-hybridized carbons (Fsp3) is 0.136. The molecule has 136 valence electrons. The lowest BCUT2D eigenvalue weighted by atomic mass is 10.1. The van der Waals surface area contributed by atoms with Crippen LogP contribution in [0.25, 0.3) is 17.5 Å². The van der Waals surface area contributed by atoms with Crippen molar-refractivity contribution < 1.29 is 9.32 Å². The van der Waals surface area contributed by atoms with E-state index in [4.69, 9.17) is 4.52 Å². The Labute approximate surface area is 158 Å². The Morgan fingerprint density at radius 3 is 2.59 bits per heavy atom. The summed E-state index contributed by atoms with van der Waals surface area (Å²) in [6.45, 7) is 6.35. The number of rotatable bonds is 7. The third kappa shape index (κ3) is 5.01. The van der Waals surface area contributed by atoms with Crippen molar-refractivity contribution in [2.75, 3.05) is 6.54 Å². The highest BCUT2D eigenvalue weighted by atomic mass is 16.5. The molecule has 0 saturated carbocycles. The molecule has 5 nitrogen and oxygen atoms in total. The highest BCUT2D eigenvalue weighted by Crippen LogP contribution is 2.17. The van der Waals surface area contributed by atoms with E-state index < -0.39 is 0 Å². The summed E-state index contributed by atoms with van der Waals surface area (Å²) >= 11 is 0. The molecule has 0 aliphatic carbocycles. The van der Waals surface area contributed by atoms with Gasteiger partial charge >= 0.3 is 0 Å². The Kier molecular flexibility index (Phi) is 5.94. The van der Waals surface area contributed by atoms with E-state index >= 15 is 0 Å². The second-order valence-corrected chi connectivity index (χ2v) is 6.13. The van der Waals surface area contributed by atoms with Gasteiger partial charge in [0.15, 0.2) is 0 Å². The Morgan fingerprint density at radius 2 is 1.89 bits per heavy atom. The SMILES string of the molecule is C=CCN(Cc1nc(-c2ccc(C)cc2)no1)C(=O)/C=C/c1ccccc1. The van der Waals surface area contributed by atoms with Crippen LogP contribution in [0.4, 0.5) is 0 Å². The zero-order valence-electron chi connectivity index (χ0n) is 15.2. The third-order valence-corrected chi connectivity index (χ3v) is 3.98. The Balaban J connectivity index is 1.70. The summed E-state index contributed by atoms with van der Waals surface area (Å²) in [5, 5.41) is 4.01. The van der Waals surface area contributed by atoms with Crippen molar-refractivity contribution in [3.63, 3.8) is 0 Å². The average molecular weight is 359 g/mol. The summed E-state index contributed by atoms with van der Waals surface area (Å²) in [5.41, 5.74) is 3.00. The molecule has 0 fully saturated rings. The molecule has 0 unspecified atom stereocenters. The monoisotopic (exact) mass is 359 g/mol. The van der Waals surface area contributed by atoms with Gasteiger partial charge in [0.25, 0.3) is 0 Å². The molecule has 0 N–H and O–H groups in total. The maximum absolute atomic E-state index is 12.5. The van der Waals surface area contributed by atoms with E-state index in [0.717, 1.165) is 16.7 Å². The third-order valence-electron chi connectivity index (χ3n) is 3.98. The van der Waals surface area contributed by atoms with Crippen LogP contribution < -0.4 is 0 Å². The standard InChI is InChI=1S/C22H21N3O2/c1-3-15-25(21(26)14-11-18-7-5-4-6-8-18)16-20-23-22(24-27-20)19-12-9-17(2)10-13-19/h3-14H,1,15-16H2,2H3/b14-11+. The number of hydrogen-bond donors (Lipinski definition) is 0. The molecular formula is C22H21N3O2. The van der Waals surface area contributed by atoms with Crippen LogP contribution in [0.1, 0.15) is 17.0 Å².